The van der Waals surface area contributed by atoms with Gasteiger partial charge < -0.3 is 4.74 Å². The molecule has 0 radical (unpaired) electrons. The van der Waals surface area contributed by atoms with Gasteiger partial charge in [0.2, 0.25) is 0 Å². The average molecular weight is 375 g/mol. The lowest BCUT2D eigenvalue weighted by Gasteiger charge is -2.09. The van der Waals surface area contributed by atoms with Crippen LogP contribution in [0.15, 0.2) is 36.4 Å². The summed E-state index contributed by atoms with van der Waals surface area (Å²) in [5.74, 6) is -0.409. The van der Waals surface area contributed by atoms with Gasteiger partial charge in [0.1, 0.15) is 12.4 Å². The summed E-state index contributed by atoms with van der Waals surface area (Å²) in [5, 5.41) is 11.8. The van der Waals surface area contributed by atoms with Crippen LogP contribution >= 0.6 is 27.5 Å². The van der Waals surface area contributed by atoms with Crippen molar-refractivity contribution < 1.29 is 14.1 Å². The van der Waals surface area contributed by atoms with Crippen molar-refractivity contribution in [3.8, 4) is 5.75 Å². The van der Waals surface area contributed by atoms with E-state index in [-0.39, 0.29) is 28.6 Å². The minimum absolute atomic E-state index is 0.103. The van der Waals surface area contributed by atoms with Crippen LogP contribution in [0.25, 0.3) is 0 Å². The second kappa shape index (κ2) is 6.87. The van der Waals surface area contributed by atoms with Crippen LogP contribution in [0, 0.1) is 15.9 Å². The van der Waals surface area contributed by atoms with Crippen molar-refractivity contribution >= 4 is 33.2 Å². The Labute approximate surface area is 133 Å². The molecule has 21 heavy (non-hydrogen) atoms. The largest absolute Gasteiger partial charge is 0.482 e. The van der Waals surface area contributed by atoms with E-state index in [9.17, 15) is 14.5 Å². The number of benzene rings is 2. The van der Waals surface area contributed by atoms with Gasteiger partial charge >= 0.3 is 5.69 Å². The SMILES string of the molecule is O=[N+]([O-])c1ccc(CBr)cc1OCc1ccc(Cl)cc1F. The van der Waals surface area contributed by atoms with Crippen molar-refractivity contribution in [3.63, 3.8) is 0 Å². The lowest BCUT2D eigenvalue weighted by Crippen LogP contribution is -2.01. The second-order valence-electron chi connectivity index (χ2n) is 4.22. The molecule has 0 aliphatic carbocycles. The van der Waals surface area contributed by atoms with E-state index >= 15 is 0 Å². The Hall–Kier alpha value is -1.66. The first-order valence-corrected chi connectivity index (χ1v) is 7.41. The Morgan fingerprint density at radius 3 is 2.67 bits per heavy atom. The molecule has 2 rings (SSSR count). The number of hydrogen-bond acceptors (Lipinski definition) is 3. The Bertz CT molecular complexity index is 681. The number of rotatable bonds is 5. The Morgan fingerprint density at radius 1 is 1.29 bits per heavy atom. The third-order valence-corrected chi connectivity index (χ3v) is 3.66. The van der Waals surface area contributed by atoms with Gasteiger partial charge in [0.05, 0.1) is 4.92 Å². The van der Waals surface area contributed by atoms with Crippen molar-refractivity contribution in [2.45, 2.75) is 11.9 Å². The van der Waals surface area contributed by atoms with Gasteiger partial charge in [-0.3, -0.25) is 10.1 Å². The van der Waals surface area contributed by atoms with Crippen molar-refractivity contribution in [2.24, 2.45) is 0 Å². The fourth-order valence-electron chi connectivity index (χ4n) is 1.70. The maximum Gasteiger partial charge on any atom is 0.310 e. The van der Waals surface area contributed by atoms with E-state index in [1.807, 2.05) is 0 Å². The third kappa shape index (κ3) is 3.92. The molecule has 0 bridgehead atoms. The number of hydrogen-bond donors (Lipinski definition) is 0. The molecule has 0 aliphatic rings. The molecule has 0 unspecified atom stereocenters. The van der Waals surface area contributed by atoms with Crippen molar-refractivity contribution in [1.29, 1.82) is 0 Å². The summed E-state index contributed by atoms with van der Waals surface area (Å²) >= 11 is 8.93. The predicted molar refractivity (Wildman–Crippen MR) is 81.5 cm³/mol. The molecular weight excluding hydrogens is 365 g/mol. The minimum Gasteiger partial charge on any atom is -0.482 e. The van der Waals surface area contributed by atoms with E-state index in [0.717, 1.165) is 5.56 Å². The average Bonchev–Trinajstić information content (AvgIpc) is 2.45. The van der Waals surface area contributed by atoms with Crippen molar-refractivity contribution in [1.82, 2.24) is 0 Å². The van der Waals surface area contributed by atoms with Crippen molar-refractivity contribution in [2.75, 3.05) is 0 Å². The number of nitro groups is 1. The summed E-state index contributed by atoms with van der Waals surface area (Å²) < 4.78 is 19.1. The van der Waals surface area contributed by atoms with Crippen LogP contribution in [0.2, 0.25) is 5.02 Å². The summed E-state index contributed by atoms with van der Waals surface area (Å²) in [6, 6.07) is 8.74. The van der Waals surface area contributed by atoms with Crippen LogP contribution in [-0.2, 0) is 11.9 Å². The first-order chi connectivity index (χ1) is 10.0. The van der Waals surface area contributed by atoms with Crippen LogP contribution in [0.4, 0.5) is 10.1 Å². The maximum absolute atomic E-state index is 13.7. The van der Waals surface area contributed by atoms with Gasteiger partial charge in [-0.2, -0.15) is 0 Å². The van der Waals surface area contributed by atoms with Crippen LogP contribution in [0.5, 0.6) is 5.75 Å². The molecule has 2 aromatic carbocycles. The van der Waals surface area contributed by atoms with Crippen LogP contribution in [0.3, 0.4) is 0 Å². The molecule has 0 saturated carbocycles. The quantitative estimate of drug-likeness (QED) is 0.426. The van der Waals surface area contributed by atoms with Gasteiger partial charge in [-0.05, 0) is 23.8 Å². The molecule has 0 heterocycles. The molecule has 2 aromatic rings. The van der Waals surface area contributed by atoms with Gasteiger partial charge in [0.15, 0.2) is 5.75 Å². The molecule has 0 fully saturated rings. The van der Waals surface area contributed by atoms with Gasteiger partial charge in [-0.25, -0.2) is 4.39 Å². The third-order valence-electron chi connectivity index (χ3n) is 2.77. The highest BCUT2D eigenvalue weighted by atomic mass is 79.9. The summed E-state index contributed by atoms with van der Waals surface area (Å²) in [4.78, 5) is 10.4. The lowest BCUT2D eigenvalue weighted by atomic mass is 10.2. The first-order valence-electron chi connectivity index (χ1n) is 5.91. The number of alkyl halides is 1. The molecule has 0 atom stereocenters. The molecule has 4 nitrogen and oxygen atoms in total. The highest BCUT2D eigenvalue weighted by Gasteiger charge is 2.16. The molecule has 110 valence electrons. The maximum atomic E-state index is 13.7. The van der Waals surface area contributed by atoms with E-state index in [1.165, 1.54) is 24.3 Å². The van der Waals surface area contributed by atoms with E-state index in [2.05, 4.69) is 15.9 Å². The van der Waals surface area contributed by atoms with E-state index < -0.39 is 10.7 Å². The summed E-state index contributed by atoms with van der Waals surface area (Å²) in [5.41, 5.74) is 0.944. The zero-order valence-electron chi connectivity index (χ0n) is 10.7. The second-order valence-corrected chi connectivity index (χ2v) is 5.21. The van der Waals surface area contributed by atoms with E-state index in [1.54, 1.807) is 12.1 Å². The highest BCUT2D eigenvalue weighted by molar-refractivity contribution is 9.08. The highest BCUT2D eigenvalue weighted by Crippen LogP contribution is 2.30. The van der Waals surface area contributed by atoms with Gasteiger partial charge in [0, 0.05) is 22.0 Å². The molecule has 0 N–H and O–H groups in total. The monoisotopic (exact) mass is 373 g/mol. The molecule has 0 spiro atoms. The Balaban J connectivity index is 2.24. The Kier molecular flexibility index (Phi) is 5.14. The normalized spacial score (nSPS) is 10.4. The zero-order chi connectivity index (χ0) is 15.4. The topological polar surface area (TPSA) is 52.4 Å². The fraction of sp³-hybridized carbons (Fsp3) is 0.143. The van der Waals surface area contributed by atoms with Gasteiger partial charge in [-0.1, -0.05) is 39.7 Å². The number of halogens is 3. The molecule has 0 saturated heterocycles. The molecular formula is C14H10BrClFNO3. The van der Waals surface area contributed by atoms with E-state index in [0.29, 0.717) is 5.33 Å². The van der Waals surface area contributed by atoms with Crippen LogP contribution in [0.1, 0.15) is 11.1 Å². The summed E-state index contributed by atoms with van der Waals surface area (Å²) in [6.45, 7) is -0.115. The van der Waals surface area contributed by atoms with Gasteiger partial charge in [-0.15, -0.1) is 0 Å². The molecule has 0 aromatic heterocycles. The fourth-order valence-corrected chi connectivity index (χ4v) is 2.21. The van der Waals surface area contributed by atoms with Crippen molar-refractivity contribution in [3.05, 3.63) is 68.5 Å². The molecule has 0 aliphatic heterocycles. The summed E-state index contributed by atoms with van der Waals surface area (Å²) in [7, 11) is 0. The van der Waals surface area contributed by atoms with Gasteiger partial charge in [0.25, 0.3) is 0 Å². The van der Waals surface area contributed by atoms with Crippen LogP contribution in [-0.4, -0.2) is 4.92 Å². The lowest BCUT2D eigenvalue weighted by molar-refractivity contribution is -0.386. The number of nitrogens with zero attached hydrogens (tertiary/aromatic N) is 1. The van der Waals surface area contributed by atoms with Crippen LogP contribution < -0.4 is 4.74 Å². The number of ether oxygens (including phenoxy) is 1. The zero-order valence-corrected chi connectivity index (χ0v) is 13.0. The minimum atomic E-state index is -0.536. The predicted octanol–water partition coefficient (Wildman–Crippen LogP) is 4.86. The summed E-state index contributed by atoms with van der Waals surface area (Å²) in [6.07, 6.45) is 0. The molecule has 0 amide bonds. The number of nitro benzene ring substituents is 1. The Morgan fingerprint density at radius 2 is 2.05 bits per heavy atom. The molecule has 7 heteroatoms. The standard InChI is InChI=1S/C14H10BrClFNO3/c15-7-9-1-4-13(18(19)20)14(5-9)21-8-10-2-3-11(16)6-12(10)17/h1-6H,7-8H2. The van der Waals surface area contributed by atoms with E-state index in [4.69, 9.17) is 16.3 Å². The first kappa shape index (κ1) is 15.7. The smallest absolute Gasteiger partial charge is 0.310 e.